The van der Waals surface area contributed by atoms with E-state index in [1.54, 1.807) is 44.2 Å². The lowest BCUT2D eigenvalue weighted by Gasteiger charge is -2.18. The highest BCUT2D eigenvalue weighted by Gasteiger charge is 2.29. The second-order valence-corrected chi connectivity index (χ2v) is 10.0. The van der Waals surface area contributed by atoms with Crippen LogP contribution < -0.4 is 10.6 Å². The van der Waals surface area contributed by atoms with Crippen molar-refractivity contribution in [1.29, 1.82) is 0 Å². The van der Waals surface area contributed by atoms with Gasteiger partial charge in [-0.1, -0.05) is 38.1 Å². The first-order valence-electron chi connectivity index (χ1n) is 11.2. The lowest BCUT2D eigenvalue weighted by atomic mass is 10.1. The van der Waals surface area contributed by atoms with E-state index in [-0.39, 0.29) is 28.7 Å². The fourth-order valence-corrected chi connectivity index (χ4v) is 4.88. The molecule has 2 aromatic carbocycles. The third kappa shape index (κ3) is 6.52. The fourth-order valence-electron chi connectivity index (χ4n) is 3.43. The van der Waals surface area contributed by atoms with Crippen LogP contribution in [-0.2, 0) is 19.6 Å². The maximum atomic E-state index is 12.6. The van der Waals surface area contributed by atoms with Crippen molar-refractivity contribution in [3.8, 4) is 0 Å². The fraction of sp³-hybridized carbons (Fsp3) is 0.360. The summed E-state index contributed by atoms with van der Waals surface area (Å²) in [6.45, 7) is 6.32. The van der Waals surface area contributed by atoms with Crippen LogP contribution >= 0.6 is 0 Å². The Morgan fingerprint density at radius 1 is 1.03 bits per heavy atom. The van der Waals surface area contributed by atoms with Crippen LogP contribution in [-0.4, -0.2) is 37.6 Å². The number of rotatable bonds is 10. The Bertz CT molecular complexity index is 1100. The van der Waals surface area contributed by atoms with Crippen molar-refractivity contribution in [2.45, 2.75) is 44.6 Å². The zero-order valence-corrected chi connectivity index (χ0v) is 20.1. The number of benzene rings is 2. The molecule has 0 heterocycles. The van der Waals surface area contributed by atoms with Crippen molar-refractivity contribution in [2.75, 3.05) is 18.4 Å². The largest absolute Gasteiger partial charge is 0.346 e. The second kappa shape index (κ2) is 10.8. The summed E-state index contributed by atoms with van der Waals surface area (Å²) in [4.78, 5) is 24.4. The quantitative estimate of drug-likeness (QED) is 0.515. The monoisotopic (exact) mass is 469 g/mol. The third-order valence-electron chi connectivity index (χ3n) is 5.64. The Hall–Kier alpha value is -2.97. The van der Waals surface area contributed by atoms with Crippen LogP contribution in [0.25, 0.3) is 6.08 Å². The molecule has 8 heteroatoms. The Kier molecular flexibility index (Phi) is 8.05. The molecule has 2 N–H and O–H groups in total. The van der Waals surface area contributed by atoms with E-state index in [2.05, 4.69) is 10.6 Å². The number of nitrogens with zero attached hydrogens (tertiary/aromatic N) is 1. The summed E-state index contributed by atoms with van der Waals surface area (Å²) in [5.74, 6) is -0.0426. The van der Waals surface area contributed by atoms with E-state index in [1.165, 1.54) is 10.4 Å². The molecule has 0 aromatic heterocycles. The first-order chi connectivity index (χ1) is 15.7. The second-order valence-electron chi connectivity index (χ2n) is 8.11. The topological polar surface area (TPSA) is 95.6 Å². The SMILES string of the molecule is CCN(CC)S(=O)(=O)c1ccc(/C=C/C(=O)NC(C)c2ccc(NC(=O)C3CC3)cc2)cc1. The predicted molar refractivity (Wildman–Crippen MR) is 130 cm³/mol. The van der Waals surface area contributed by atoms with Crippen LogP contribution in [0.3, 0.4) is 0 Å². The Morgan fingerprint density at radius 3 is 2.18 bits per heavy atom. The molecule has 3 rings (SSSR count). The van der Waals surface area contributed by atoms with E-state index in [0.717, 1.165) is 29.7 Å². The molecular formula is C25H31N3O4S. The maximum absolute atomic E-state index is 12.6. The zero-order chi connectivity index (χ0) is 24.0. The number of sulfonamides is 1. The molecule has 2 aromatic rings. The van der Waals surface area contributed by atoms with Crippen molar-refractivity contribution in [1.82, 2.24) is 9.62 Å². The minimum Gasteiger partial charge on any atom is -0.346 e. The van der Waals surface area contributed by atoms with Crippen molar-refractivity contribution in [3.63, 3.8) is 0 Å². The minimum atomic E-state index is -3.50. The summed E-state index contributed by atoms with van der Waals surface area (Å²) in [6, 6.07) is 13.7. The van der Waals surface area contributed by atoms with Crippen LogP contribution in [0, 0.1) is 5.92 Å². The first-order valence-corrected chi connectivity index (χ1v) is 12.7. The summed E-state index contributed by atoms with van der Waals surface area (Å²) in [5.41, 5.74) is 2.40. The molecule has 2 amide bonds. The molecule has 0 radical (unpaired) electrons. The number of hydrogen-bond acceptors (Lipinski definition) is 4. The van der Waals surface area contributed by atoms with Crippen LogP contribution in [0.15, 0.2) is 59.5 Å². The van der Waals surface area contributed by atoms with Crippen LogP contribution in [0.2, 0.25) is 0 Å². The van der Waals surface area contributed by atoms with Gasteiger partial charge in [-0.3, -0.25) is 9.59 Å². The Morgan fingerprint density at radius 2 is 1.64 bits per heavy atom. The van der Waals surface area contributed by atoms with Gasteiger partial charge in [0.2, 0.25) is 21.8 Å². The van der Waals surface area contributed by atoms with Gasteiger partial charge in [-0.2, -0.15) is 4.31 Å². The van der Waals surface area contributed by atoms with E-state index < -0.39 is 10.0 Å². The van der Waals surface area contributed by atoms with E-state index in [1.807, 2.05) is 31.2 Å². The molecular weight excluding hydrogens is 438 g/mol. The van der Waals surface area contributed by atoms with Crippen molar-refractivity contribution < 1.29 is 18.0 Å². The first kappa shape index (κ1) is 24.7. The van der Waals surface area contributed by atoms with Gasteiger partial charge >= 0.3 is 0 Å². The lowest BCUT2D eigenvalue weighted by Crippen LogP contribution is -2.30. The van der Waals surface area contributed by atoms with Crippen LogP contribution in [0.5, 0.6) is 0 Å². The van der Waals surface area contributed by atoms with Gasteiger partial charge in [0, 0.05) is 30.8 Å². The van der Waals surface area contributed by atoms with Crippen molar-refractivity contribution >= 4 is 33.6 Å². The standard InChI is InChI=1S/C25H31N3O4S/c1-4-28(5-2)33(31,32)23-15-6-19(7-16-23)8-17-24(29)26-18(3)20-11-13-22(14-12-20)27-25(30)21-9-10-21/h6-8,11-18,21H,4-5,9-10H2,1-3H3,(H,26,29)(H,27,30)/b17-8+. The molecule has 1 unspecified atom stereocenters. The normalized spacial score (nSPS) is 14.9. The van der Waals surface area contributed by atoms with Gasteiger partial charge in [0.05, 0.1) is 10.9 Å². The molecule has 1 aliphatic rings. The summed E-state index contributed by atoms with van der Waals surface area (Å²) in [6.07, 6.45) is 4.99. The molecule has 33 heavy (non-hydrogen) atoms. The molecule has 1 fully saturated rings. The minimum absolute atomic E-state index is 0.0629. The van der Waals surface area contributed by atoms with E-state index in [4.69, 9.17) is 0 Å². The smallest absolute Gasteiger partial charge is 0.244 e. The third-order valence-corrected chi connectivity index (χ3v) is 7.70. The van der Waals surface area contributed by atoms with Crippen molar-refractivity contribution in [2.24, 2.45) is 5.92 Å². The summed E-state index contributed by atoms with van der Waals surface area (Å²) in [5, 5.41) is 5.80. The van der Waals surface area contributed by atoms with E-state index >= 15 is 0 Å². The van der Waals surface area contributed by atoms with Gasteiger partial charge in [-0.15, -0.1) is 0 Å². The number of amides is 2. The lowest BCUT2D eigenvalue weighted by molar-refractivity contribution is -0.118. The van der Waals surface area contributed by atoms with Crippen LogP contribution in [0.1, 0.15) is 50.8 Å². The Labute approximate surface area is 195 Å². The molecule has 1 saturated carbocycles. The number of hydrogen-bond donors (Lipinski definition) is 2. The number of carbonyl (C=O) groups is 2. The van der Waals surface area contributed by atoms with Crippen molar-refractivity contribution in [3.05, 3.63) is 65.7 Å². The molecule has 0 spiro atoms. The summed E-state index contributed by atoms with van der Waals surface area (Å²) < 4.78 is 26.5. The molecule has 0 saturated heterocycles. The molecule has 176 valence electrons. The highest BCUT2D eigenvalue weighted by molar-refractivity contribution is 7.89. The molecule has 0 bridgehead atoms. The van der Waals surface area contributed by atoms with Gasteiger partial charge in [-0.05, 0) is 61.2 Å². The van der Waals surface area contributed by atoms with Crippen LogP contribution in [0.4, 0.5) is 5.69 Å². The van der Waals surface area contributed by atoms with Gasteiger partial charge < -0.3 is 10.6 Å². The molecule has 1 aliphatic carbocycles. The predicted octanol–water partition coefficient (Wildman–Crippen LogP) is 3.96. The van der Waals surface area contributed by atoms with E-state index in [9.17, 15) is 18.0 Å². The van der Waals surface area contributed by atoms with Gasteiger partial charge in [0.25, 0.3) is 0 Å². The average molecular weight is 470 g/mol. The number of carbonyl (C=O) groups excluding carboxylic acids is 2. The average Bonchev–Trinajstić information content (AvgIpc) is 3.65. The summed E-state index contributed by atoms with van der Waals surface area (Å²) in [7, 11) is -3.50. The molecule has 7 nitrogen and oxygen atoms in total. The summed E-state index contributed by atoms with van der Waals surface area (Å²) >= 11 is 0. The molecule has 0 aliphatic heterocycles. The maximum Gasteiger partial charge on any atom is 0.244 e. The van der Waals surface area contributed by atoms with E-state index in [0.29, 0.717) is 13.1 Å². The molecule has 1 atom stereocenters. The Balaban J connectivity index is 1.55. The van der Waals surface area contributed by atoms with Gasteiger partial charge in [0.1, 0.15) is 0 Å². The number of anilines is 1. The number of nitrogens with one attached hydrogen (secondary N) is 2. The van der Waals surface area contributed by atoms with Gasteiger partial charge in [0.15, 0.2) is 0 Å². The zero-order valence-electron chi connectivity index (χ0n) is 19.2. The van der Waals surface area contributed by atoms with Gasteiger partial charge in [-0.25, -0.2) is 8.42 Å². The highest BCUT2D eigenvalue weighted by Crippen LogP contribution is 2.30. The highest BCUT2D eigenvalue weighted by atomic mass is 32.2.